The van der Waals surface area contributed by atoms with Gasteiger partial charge in [0.2, 0.25) is 0 Å². The molecule has 7 heteroatoms. The Morgan fingerprint density at radius 3 is 2.13 bits per heavy atom. The summed E-state index contributed by atoms with van der Waals surface area (Å²) in [6.45, 7) is 0.944. The van der Waals surface area contributed by atoms with Gasteiger partial charge >= 0.3 is 6.09 Å². The third-order valence-corrected chi connectivity index (χ3v) is 4.49. The second-order valence-electron chi connectivity index (χ2n) is 6.69. The molecule has 0 aliphatic rings. The van der Waals surface area contributed by atoms with Gasteiger partial charge in [-0.25, -0.2) is 4.79 Å². The van der Waals surface area contributed by atoms with Crippen LogP contribution in [0.3, 0.4) is 0 Å². The average Bonchev–Trinajstić information content (AvgIpc) is 2.78. The van der Waals surface area contributed by atoms with E-state index in [1.165, 1.54) is 0 Å². The van der Waals surface area contributed by atoms with Crippen LogP contribution in [0.2, 0.25) is 0 Å². The Balaban J connectivity index is 1.46. The number of amides is 2. The van der Waals surface area contributed by atoms with Crippen LogP contribution in [-0.4, -0.2) is 12.0 Å². The minimum absolute atomic E-state index is 0.179. The molecular weight excluding hydrogens is 380 g/mol. The fraction of sp³-hybridized carbons (Fsp3) is 0.130. The van der Waals surface area contributed by atoms with Crippen molar-refractivity contribution in [2.45, 2.75) is 19.7 Å². The molecule has 3 aromatic rings. The zero-order valence-corrected chi connectivity index (χ0v) is 16.4. The molecule has 6 N–H and O–H groups in total. The number of benzene rings is 3. The third-order valence-electron chi connectivity index (χ3n) is 4.49. The van der Waals surface area contributed by atoms with E-state index in [9.17, 15) is 9.59 Å². The highest BCUT2D eigenvalue weighted by atomic mass is 16.5. The monoisotopic (exact) mass is 404 g/mol. The van der Waals surface area contributed by atoms with Crippen LogP contribution >= 0.6 is 0 Å². The number of nitrogens with one attached hydrogen (secondary N) is 2. The van der Waals surface area contributed by atoms with Gasteiger partial charge < -0.3 is 26.8 Å². The molecule has 0 radical (unpaired) electrons. The number of hydrogen-bond acceptors (Lipinski definition) is 5. The maximum absolute atomic E-state index is 12.3. The van der Waals surface area contributed by atoms with Gasteiger partial charge in [0.15, 0.2) is 0 Å². The van der Waals surface area contributed by atoms with Crippen LogP contribution in [0, 0.1) is 0 Å². The molecule has 0 heterocycles. The summed E-state index contributed by atoms with van der Waals surface area (Å²) in [5.74, 6) is -0.257. The number of ether oxygens (including phenoxy) is 1. The minimum Gasteiger partial charge on any atom is -0.445 e. The highest BCUT2D eigenvalue weighted by molar-refractivity contribution is 6.05. The molecule has 0 bridgehead atoms. The Bertz CT molecular complexity index is 1000. The summed E-state index contributed by atoms with van der Waals surface area (Å²) in [6, 6.07) is 21.5. The van der Waals surface area contributed by atoms with Crippen molar-refractivity contribution >= 4 is 23.4 Å². The van der Waals surface area contributed by atoms with Crippen molar-refractivity contribution in [2.75, 3.05) is 11.1 Å². The van der Waals surface area contributed by atoms with Gasteiger partial charge in [-0.15, -0.1) is 0 Å². The van der Waals surface area contributed by atoms with Gasteiger partial charge in [0.25, 0.3) is 5.91 Å². The second kappa shape index (κ2) is 10.1. The Morgan fingerprint density at radius 1 is 0.833 bits per heavy atom. The molecule has 0 saturated heterocycles. The summed E-state index contributed by atoms with van der Waals surface area (Å²) < 4.78 is 5.21. The van der Waals surface area contributed by atoms with Crippen LogP contribution in [-0.2, 0) is 24.4 Å². The van der Waals surface area contributed by atoms with Gasteiger partial charge in [-0.05, 0) is 41.0 Å². The maximum Gasteiger partial charge on any atom is 0.407 e. The van der Waals surface area contributed by atoms with E-state index in [0.29, 0.717) is 30.0 Å². The van der Waals surface area contributed by atoms with E-state index in [-0.39, 0.29) is 12.5 Å². The van der Waals surface area contributed by atoms with Crippen molar-refractivity contribution < 1.29 is 14.3 Å². The Labute approximate surface area is 175 Å². The number of anilines is 2. The van der Waals surface area contributed by atoms with Crippen LogP contribution in [0.4, 0.5) is 16.2 Å². The van der Waals surface area contributed by atoms with Gasteiger partial charge in [0.1, 0.15) is 6.61 Å². The largest absolute Gasteiger partial charge is 0.445 e. The normalized spacial score (nSPS) is 10.3. The van der Waals surface area contributed by atoms with E-state index >= 15 is 0 Å². The summed E-state index contributed by atoms with van der Waals surface area (Å²) >= 11 is 0. The van der Waals surface area contributed by atoms with E-state index in [4.69, 9.17) is 16.2 Å². The number of hydrogen-bond donors (Lipinski definition) is 4. The number of nitrogens with two attached hydrogens (primary N) is 2. The smallest absolute Gasteiger partial charge is 0.407 e. The molecule has 0 spiro atoms. The predicted molar refractivity (Wildman–Crippen MR) is 117 cm³/mol. The summed E-state index contributed by atoms with van der Waals surface area (Å²) in [5, 5.41) is 5.46. The first-order valence-corrected chi connectivity index (χ1v) is 9.48. The Morgan fingerprint density at radius 2 is 1.47 bits per heavy atom. The van der Waals surface area contributed by atoms with Crippen LogP contribution in [0.5, 0.6) is 0 Å². The second-order valence-corrected chi connectivity index (χ2v) is 6.69. The fourth-order valence-electron chi connectivity index (χ4n) is 2.73. The maximum atomic E-state index is 12.3. The van der Waals surface area contributed by atoms with Crippen molar-refractivity contribution in [2.24, 2.45) is 5.73 Å². The summed E-state index contributed by atoms with van der Waals surface area (Å²) in [4.78, 5) is 24.2. The summed E-state index contributed by atoms with van der Waals surface area (Å²) in [6.07, 6.45) is -0.515. The molecule has 154 valence electrons. The molecule has 2 amide bonds. The lowest BCUT2D eigenvalue weighted by Crippen LogP contribution is -2.23. The fourth-order valence-corrected chi connectivity index (χ4v) is 2.73. The topological polar surface area (TPSA) is 119 Å². The molecule has 0 aliphatic carbocycles. The van der Waals surface area contributed by atoms with Gasteiger partial charge in [0, 0.05) is 18.7 Å². The minimum atomic E-state index is -0.515. The van der Waals surface area contributed by atoms with Crippen molar-refractivity contribution in [3.8, 4) is 0 Å². The third kappa shape index (κ3) is 5.83. The number of nitrogen functional groups attached to an aromatic ring is 1. The van der Waals surface area contributed by atoms with Gasteiger partial charge in [-0.1, -0.05) is 48.5 Å². The molecule has 30 heavy (non-hydrogen) atoms. The van der Waals surface area contributed by atoms with Crippen LogP contribution in [0.25, 0.3) is 0 Å². The Kier molecular flexibility index (Phi) is 7.02. The number of carbonyl (C=O) groups excluding carboxylic acids is 2. The van der Waals surface area contributed by atoms with Crippen molar-refractivity contribution in [3.05, 3.63) is 95.1 Å². The highest BCUT2D eigenvalue weighted by Crippen LogP contribution is 2.18. The van der Waals surface area contributed by atoms with Gasteiger partial charge in [-0.3, -0.25) is 4.79 Å². The molecular formula is C23H24N4O3. The van der Waals surface area contributed by atoms with Crippen LogP contribution < -0.4 is 22.1 Å². The average molecular weight is 404 g/mol. The number of carbonyl (C=O) groups is 2. The number of para-hydroxylation sites is 2. The summed E-state index contributed by atoms with van der Waals surface area (Å²) in [5.41, 5.74) is 15.7. The Hall–Kier alpha value is -3.84. The molecule has 0 unspecified atom stereocenters. The first-order chi connectivity index (χ1) is 14.5. The van der Waals surface area contributed by atoms with Crippen molar-refractivity contribution in [3.63, 3.8) is 0 Å². The van der Waals surface area contributed by atoms with E-state index < -0.39 is 6.09 Å². The lowest BCUT2D eigenvalue weighted by molar-refractivity contribution is 0.102. The lowest BCUT2D eigenvalue weighted by atomic mass is 10.1. The molecule has 7 nitrogen and oxygen atoms in total. The molecule has 0 aromatic heterocycles. The van der Waals surface area contributed by atoms with Gasteiger partial charge in [-0.2, -0.15) is 0 Å². The first kappa shape index (κ1) is 20.9. The predicted octanol–water partition coefficient (Wildman–Crippen LogP) is 3.41. The van der Waals surface area contributed by atoms with Gasteiger partial charge in [0.05, 0.1) is 11.4 Å². The summed E-state index contributed by atoms with van der Waals surface area (Å²) in [7, 11) is 0. The highest BCUT2D eigenvalue weighted by Gasteiger charge is 2.08. The van der Waals surface area contributed by atoms with Crippen molar-refractivity contribution in [1.29, 1.82) is 0 Å². The van der Waals surface area contributed by atoms with Crippen LogP contribution in [0.1, 0.15) is 27.0 Å². The molecule has 0 atom stereocenters. The molecule has 3 rings (SSSR count). The molecule has 0 saturated carbocycles. The molecule has 0 fully saturated rings. The van der Waals surface area contributed by atoms with E-state index in [1.54, 1.807) is 48.5 Å². The lowest BCUT2D eigenvalue weighted by Gasteiger charge is -2.09. The van der Waals surface area contributed by atoms with Crippen LogP contribution in [0.15, 0.2) is 72.8 Å². The van der Waals surface area contributed by atoms with E-state index in [0.717, 1.165) is 16.7 Å². The molecule has 3 aromatic carbocycles. The van der Waals surface area contributed by atoms with E-state index in [1.807, 2.05) is 24.3 Å². The number of alkyl carbamates (subject to hydrolysis) is 1. The zero-order valence-electron chi connectivity index (χ0n) is 16.4. The SMILES string of the molecule is NCc1ccc(COC(=O)NCc2ccc(C(=O)Nc3ccccc3N)cc2)cc1. The standard InChI is InChI=1S/C23H24N4O3/c24-13-16-5-7-18(8-6-16)15-30-23(29)26-14-17-9-11-19(12-10-17)22(28)27-21-4-2-1-3-20(21)25/h1-12H,13-15,24-25H2,(H,26,29)(H,27,28). The quantitative estimate of drug-likeness (QED) is 0.450. The molecule has 0 aliphatic heterocycles. The van der Waals surface area contributed by atoms with Crippen molar-refractivity contribution in [1.82, 2.24) is 5.32 Å². The zero-order chi connectivity index (χ0) is 21.3. The first-order valence-electron chi connectivity index (χ1n) is 9.48. The van der Waals surface area contributed by atoms with E-state index in [2.05, 4.69) is 10.6 Å². The number of rotatable bonds is 7.